The lowest BCUT2D eigenvalue weighted by Gasteiger charge is -2.29. The predicted octanol–water partition coefficient (Wildman–Crippen LogP) is 1.84. The Morgan fingerprint density at radius 2 is 1.93 bits per heavy atom. The van der Waals surface area contributed by atoms with Crippen molar-refractivity contribution in [2.75, 3.05) is 27.2 Å². The van der Waals surface area contributed by atoms with Crippen LogP contribution in [0.3, 0.4) is 0 Å². The molecule has 8 heteroatoms. The molecule has 0 unspecified atom stereocenters. The Bertz CT molecular complexity index is 847. The molecule has 0 bridgehead atoms. The zero-order chi connectivity index (χ0) is 21.1. The Morgan fingerprint density at radius 3 is 2.54 bits per heavy atom. The van der Waals surface area contributed by atoms with Crippen LogP contribution in [0.15, 0.2) is 34.2 Å². The number of carbonyl (C=O) groups is 1. The molecule has 0 saturated heterocycles. The van der Waals surface area contributed by atoms with Gasteiger partial charge in [0.05, 0.1) is 4.90 Å². The summed E-state index contributed by atoms with van der Waals surface area (Å²) in [7, 11) is 0.377. The minimum absolute atomic E-state index is 0.0262. The first-order valence-electron chi connectivity index (χ1n) is 9.59. The average molecular weight is 409 g/mol. The minimum Gasteiger partial charge on any atom is -0.354 e. The number of amidine groups is 1. The van der Waals surface area contributed by atoms with Crippen LogP contribution < -0.4 is 10.0 Å². The van der Waals surface area contributed by atoms with Crippen LogP contribution in [0, 0.1) is 11.3 Å². The fraction of sp³-hybridized carbons (Fsp3) is 0.600. The quantitative estimate of drug-likeness (QED) is 0.687. The highest BCUT2D eigenvalue weighted by Crippen LogP contribution is 2.24. The number of hydrogen-bond acceptors (Lipinski definition) is 5. The van der Waals surface area contributed by atoms with Crippen molar-refractivity contribution in [3.05, 3.63) is 29.8 Å². The first-order chi connectivity index (χ1) is 13.0. The number of carbonyl (C=O) groups excluding carboxylic acids is 1. The van der Waals surface area contributed by atoms with Crippen LogP contribution in [0.5, 0.6) is 0 Å². The maximum absolute atomic E-state index is 12.9. The maximum Gasteiger partial charge on any atom is 0.263 e. The molecular weight excluding hydrogens is 376 g/mol. The standard InChI is InChI=1S/C20H32N4O3S/c1-7-14(2)17(19(25)21-12-20(3,4)13-24(5)6)22-18-15-10-8-9-11-16(15)28(26,27)23-18/h8-11,14,17H,7,12-13H2,1-6H3,(H,21,25)(H,22,23)/t14-,17-/m0/s1. The van der Waals surface area contributed by atoms with E-state index < -0.39 is 16.1 Å². The Balaban J connectivity index is 2.26. The van der Waals surface area contributed by atoms with Gasteiger partial charge in [-0.05, 0) is 37.6 Å². The summed E-state index contributed by atoms with van der Waals surface area (Å²) < 4.78 is 27.1. The van der Waals surface area contributed by atoms with Crippen molar-refractivity contribution >= 4 is 21.8 Å². The molecule has 0 aliphatic carbocycles. The van der Waals surface area contributed by atoms with Crippen molar-refractivity contribution < 1.29 is 13.2 Å². The second-order valence-corrected chi connectivity index (χ2v) is 10.2. The van der Waals surface area contributed by atoms with Gasteiger partial charge in [0.25, 0.3) is 10.0 Å². The molecule has 28 heavy (non-hydrogen) atoms. The molecule has 0 fully saturated rings. The number of nitrogens with one attached hydrogen (secondary N) is 2. The van der Waals surface area contributed by atoms with Gasteiger partial charge in [-0.2, -0.15) is 0 Å². The van der Waals surface area contributed by atoms with Gasteiger partial charge in [-0.3, -0.25) is 14.5 Å². The van der Waals surface area contributed by atoms with E-state index in [0.29, 0.717) is 12.1 Å². The van der Waals surface area contributed by atoms with Crippen LogP contribution in [0.2, 0.25) is 0 Å². The van der Waals surface area contributed by atoms with Crippen molar-refractivity contribution in [2.45, 2.75) is 45.1 Å². The van der Waals surface area contributed by atoms with E-state index in [0.717, 1.165) is 13.0 Å². The van der Waals surface area contributed by atoms with Crippen LogP contribution >= 0.6 is 0 Å². The highest BCUT2D eigenvalue weighted by molar-refractivity contribution is 7.90. The van der Waals surface area contributed by atoms with Crippen LogP contribution in [0.25, 0.3) is 0 Å². The summed E-state index contributed by atoms with van der Waals surface area (Å²) in [4.78, 5) is 19.8. The van der Waals surface area contributed by atoms with E-state index in [1.54, 1.807) is 24.3 Å². The maximum atomic E-state index is 12.9. The topological polar surface area (TPSA) is 90.9 Å². The summed E-state index contributed by atoms with van der Waals surface area (Å²) in [6.07, 6.45) is 0.754. The molecule has 1 aliphatic rings. The summed E-state index contributed by atoms with van der Waals surface area (Å²) in [5, 5.41) is 3.01. The fourth-order valence-corrected chi connectivity index (χ4v) is 4.62. The molecule has 1 aliphatic heterocycles. The third kappa shape index (κ3) is 5.32. The van der Waals surface area contributed by atoms with Gasteiger partial charge in [0.2, 0.25) is 5.91 Å². The van der Waals surface area contributed by atoms with E-state index in [2.05, 4.69) is 33.8 Å². The molecule has 1 aromatic rings. The number of benzene rings is 1. The number of sulfonamides is 1. The summed E-state index contributed by atoms with van der Waals surface area (Å²) >= 11 is 0. The van der Waals surface area contributed by atoms with Crippen molar-refractivity contribution in [3.8, 4) is 0 Å². The van der Waals surface area contributed by atoms with Gasteiger partial charge in [-0.25, -0.2) is 8.42 Å². The molecule has 2 N–H and O–H groups in total. The molecule has 0 aromatic heterocycles. The van der Waals surface area contributed by atoms with Crippen molar-refractivity contribution in [1.29, 1.82) is 0 Å². The Kier molecular flexibility index (Phi) is 6.88. The zero-order valence-electron chi connectivity index (χ0n) is 17.6. The smallest absolute Gasteiger partial charge is 0.263 e. The van der Waals surface area contributed by atoms with Crippen molar-refractivity contribution in [2.24, 2.45) is 16.3 Å². The number of aliphatic imine (C=N–C) groups is 1. The molecule has 0 saturated carbocycles. The first kappa shape index (κ1) is 22.4. The van der Waals surface area contributed by atoms with E-state index in [-0.39, 0.29) is 28.0 Å². The third-order valence-corrected chi connectivity index (χ3v) is 6.27. The van der Waals surface area contributed by atoms with Crippen LogP contribution in [0.4, 0.5) is 0 Å². The largest absolute Gasteiger partial charge is 0.354 e. The Morgan fingerprint density at radius 1 is 1.29 bits per heavy atom. The summed E-state index contributed by atoms with van der Waals surface area (Å²) in [6, 6.07) is 6.02. The molecule has 7 nitrogen and oxygen atoms in total. The lowest BCUT2D eigenvalue weighted by Crippen LogP contribution is -2.45. The highest BCUT2D eigenvalue weighted by Gasteiger charge is 2.33. The van der Waals surface area contributed by atoms with Gasteiger partial charge in [0.1, 0.15) is 11.9 Å². The van der Waals surface area contributed by atoms with E-state index in [9.17, 15) is 13.2 Å². The Labute approximate surface area is 168 Å². The van der Waals surface area contributed by atoms with Crippen LogP contribution in [0.1, 0.15) is 39.7 Å². The fourth-order valence-electron chi connectivity index (χ4n) is 3.38. The van der Waals surface area contributed by atoms with Gasteiger partial charge in [-0.1, -0.05) is 46.2 Å². The second-order valence-electron chi connectivity index (χ2n) is 8.53. The highest BCUT2D eigenvalue weighted by atomic mass is 32.2. The lowest BCUT2D eigenvalue weighted by atomic mass is 9.92. The van der Waals surface area contributed by atoms with Crippen LogP contribution in [-0.4, -0.2) is 58.3 Å². The second kappa shape index (κ2) is 8.61. The Hall–Kier alpha value is -1.93. The van der Waals surface area contributed by atoms with E-state index in [1.165, 1.54) is 0 Å². The number of fused-ring (bicyclic) bond motifs is 1. The monoisotopic (exact) mass is 408 g/mol. The van der Waals surface area contributed by atoms with Crippen LogP contribution in [-0.2, 0) is 14.8 Å². The molecule has 156 valence electrons. The predicted molar refractivity (Wildman–Crippen MR) is 112 cm³/mol. The van der Waals surface area contributed by atoms with Gasteiger partial charge >= 0.3 is 0 Å². The normalized spacial score (nSPS) is 19.2. The molecule has 0 radical (unpaired) electrons. The molecule has 1 aromatic carbocycles. The number of amides is 1. The van der Waals surface area contributed by atoms with E-state index >= 15 is 0 Å². The molecule has 1 amide bonds. The first-order valence-corrected chi connectivity index (χ1v) is 11.1. The molecule has 2 atom stereocenters. The molecule has 2 rings (SSSR count). The number of hydrogen-bond donors (Lipinski definition) is 2. The average Bonchev–Trinajstić information content (AvgIpc) is 2.87. The van der Waals surface area contributed by atoms with Crippen molar-refractivity contribution in [3.63, 3.8) is 0 Å². The lowest BCUT2D eigenvalue weighted by molar-refractivity contribution is -0.123. The molecular formula is C20H32N4O3S. The molecule has 0 spiro atoms. The SMILES string of the molecule is CC[C@H](C)[C@H](N=C1NS(=O)(=O)c2ccccc21)C(=O)NCC(C)(C)CN(C)C. The number of rotatable bonds is 8. The van der Waals surface area contributed by atoms with E-state index in [4.69, 9.17) is 0 Å². The van der Waals surface area contributed by atoms with E-state index in [1.807, 2.05) is 27.9 Å². The summed E-state index contributed by atoms with van der Waals surface area (Å²) in [5.41, 5.74) is 0.421. The van der Waals surface area contributed by atoms with Gasteiger partial charge in [-0.15, -0.1) is 0 Å². The van der Waals surface area contributed by atoms with Crippen molar-refractivity contribution in [1.82, 2.24) is 14.9 Å². The summed E-state index contributed by atoms with van der Waals surface area (Å²) in [5.74, 6) is 0.0302. The minimum atomic E-state index is -3.63. The number of nitrogens with zero attached hydrogens (tertiary/aromatic N) is 2. The van der Waals surface area contributed by atoms with Gasteiger partial charge < -0.3 is 10.2 Å². The van der Waals surface area contributed by atoms with Gasteiger partial charge in [0.15, 0.2) is 0 Å². The summed E-state index contributed by atoms with van der Waals surface area (Å²) in [6.45, 7) is 9.49. The van der Waals surface area contributed by atoms with Gasteiger partial charge in [0, 0.05) is 18.7 Å². The third-order valence-electron chi connectivity index (χ3n) is 4.87. The molecule has 1 heterocycles. The zero-order valence-corrected chi connectivity index (χ0v) is 18.4.